The molecule has 0 amide bonds. The van der Waals surface area contributed by atoms with E-state index in [2.05, 4.69) is 31.9 Å². The lowest BCUT2D eigenvalue weighted by Gasteiger charge is -1.91. The van der Waals surface area contributed by atoms with Crippen LogP contribution in [0.25, 0.3) is 10.1 Å². The fourth-order valence-corrected chi connectivity index (χ4v) is 3.32. The van der Waals surface area contributed by atoms with Crippen LogP contribution in [0, 0.1) is 0 Å². The van der Waals surface area contributed by atoms with Crippen LogP contribution in [0.5, 0.6) is 0 Å². The Labute approximate surface area is 101 Å². The Bertz CT molecular complexity index is 519. The van der Waals surface area contributed by atoms with Gasteiger partial charge in [0.05, 0.1) is 4.47 Å². The fraction of sp³-hybridized carbons (Fsp3) is 0. The van der Waals surface area contributed by atoms with E-state index in [4.69, 9.17) is 5.11 Å². The molecule has 2 nitrogen and oxygen atoms in total. The maximum Gasteiger partial charge on any atom is 0.347 e. The third-order valence-electron chi connectivity index (χ3n) is 1.78. The first-order chi connectivity index (χ1) is 6.59. The van der Waals surface area contributed by atoms with Crippen molar-refractivity contribution in [2.45, 2.75) is 0 Å². The molecule has 0 unspecified atom stereocenters. The van der Waals surface area contributed by atoms with Crippen molar-refractivity contribution in [3.8, 4) is 0 Å². The van der Waals surface area contributed by atoms with Gasteiger partial charge < -0.3 is 5.11 Å². The second kappa shape index (κ2) is 3.64. The number of hydrogen-bond donors (Lipinski definition) is 1. The number of rotatable bonds is 1. The highest BCUT2D eigenvalue weighted by molar-refractivity contribution is 9.11. The number of carboxylic acids is 1. The van der Waals surface area contributed by atoms with Gasteiger partial charge in [0, 0.05) is 14.6 Å². The smallest absolute Gasteiger partial charge is 0.347 e. The minimum Gasteiger partial charge on any atom is -0.477 e. The predicted octanol–water partition coefficient (Wildman–Crippen LogP) is 4.12. The second-order valence-corrected chi connectivity index (χ2v) is 5.45. The van der Waals surface area contributed by atoms with Crippen LogP contribution in [0.3, 0.4) is 0 Å². The third kappa shape index (κ3) is 1.60. The van der Waals surface area contributed by atoms with Gasteiger partial charge in [0.15, 0.2) is 0 Å². The van der Waals surface area contributed by atoms with E-state index < -0.39 is 5.97 Å². The number of carboxylic acid groups (broad SMARTS) is 1. The Morgan fingerprint density at radius 3 is 2.71 bits per heavy atom. The van der Waals surface area contributed by atoms with Crippen LogP contribution >= 0.6 is 43.2 Å². The number of carbonyl (C=O) groups is 1. The van der Waals surface area contributed by atoms with Gasteiger partial charge in [-0.05, 0) is 34.1 Å². The summed E-state index contributed by atoms with van der Waals surface area (Å²) in [6, 6.07) is 5.71. The van der Waals surface area contributed by atoms with Crippen LogP contribution in [0.4, 0.5) is 0 Å². The average Bonchev–Trinajstić information content (AvgIpc) is 2.44. The van der Waals surface area contributed by atoms with E-state index in [1.165, 1.54) is 11.3 Å². The Morgan fingerprint density at radius 1 is 1.36 bits per heavy atom. The molecule has 0 aliphatic heterocycles. The van der Waals surface area contributed by atoms with E-state index in [0.717, 1.165) is 14.6 Å². The van der Waals surface area contributed by atoms with E-state index >= 15 is 0 Å². The van der Waals surface area contributed by atoms with E-state index in [1.807, 2.05) is 18.2 Å². The first kappa shape index (κ1) is 10.1. The normalized spacial score (nSPS) is 10.7. The van der Waals surface area contributed by atoms with Gasteiger partial charge in [0.1, 0.15) is 4.88 Å². The van der Waals surface area contributed by atoms with Gasteiger partial charge in [-0.25, -0.2) is 4.79 Å². The summed E-state index contributed by atoms with van der Waals surface area (Å²) in [6.45, 7) is 0. The maximum atomic E-state index is 10.8. The molecule has 1 N–H and O–H groups in total. The van der Waals surface area contributed by atoms with Gasteiger partial charge in [0.25, 0.3) is 0 Å². The van der Waals surface area contributed by atoms with Gasteiger partial charge in [-0.1, -0.05) is 15.9 Å². The highest BCUT2D eigenvalue weighted by Gasteiger charge is 2.15. The SMILES string of the molecule is O=C(O)c1sc2ccc(Br)cc2c1Br. The van der Waals surface area contributed by atoms with Crippen LogP contribution < -0.4 is 0 Å². The lowest BCUT2D eigenvalue weighted by atomic mass is 10.2. The number of hydrogen-bond acceptors (Lipinski definition) is 2. The quantitative estimate of drug-likeness (QED) is 0.851. The maximum absolute atomic E-state index is 10.8. The summed E-state index contributed by atoms with van der Waals surface area (Å²) in [5.41, 5.74) is 0. The van der Waals surface area contributed by atoms with Crippen molar-refractivity contribution >= 4 is 59.3 Å². The number of thiophene rings is 1. The monoisotopic (exact) mass is 334 g/mol. The summed E-state index contributed by atoms with van der Waals surface area (Å²) in [7, 11) is 0. The third-order valence-corrected chi connectivity index (χ3v) is 4.52. The first-order valence-electron chi connectivity index (χ1n) is 3.70. The van der Waals surface area contributed by atoms with Gasteiger partial charge in [-0.3, -0.25) is 0 Å². The molecule has 0 spiro atoms. The molecule has 1 aromatic carbocycles. The highest BCUT2D eigenvalue weighted by Crippen LogP contribution is 2.36. The number of benzene rings is 1. The number of halogens is 2. The van der Waals surface area contributed by atoms with E-state index in [-0.39, 0.29) is 0 Å². The minimum atomic E-state index is -0.894. The molecular weight excluding hydrogens is 332 g/mol. The average molecular weight is 336 g/mol. The molecule has 2 aromatic rings. The summed E-state index contributed by atoms with van der Waals surface area (Å²) in [5, 5.41) is 9.84. The first-order valence-corrected chi connectivity index (χ1v) is 6.10. The second-order valence-electron chi connectivity index (χ2n) is 2.69. The molecule has 0 aliphatic carbocycles. The zero-order valence-corrected chi connectivity index (χ0v) is 10.7. The molecule has 0 saturated carbocycles. The molecule has 2 rings (SSSR count). The lowest BCUT2D eigenvalue weighted by Crippen LogP contribution is -1.91. The molecule has 14 heavy (non-hydrogen) atoms. The number of fused-ring (bicyclic) bond motifs is 1. The van der Waals surface area contributed by atoms with Crippen molar-refractivity contribution < 1.29 is 9.90 Å². The van der Waals surface area contributed by atoms with Crippen molar-refractivity contribution in [1.82, 2.24) is 0 Å². The zero-order chi connectivity index (χ0) is 10.3. The Kier molecular flexibility index (Phi) is 2.64. The van der Waals surface area contributed by atoms with E-state index in [0.29, 0.717) is 9.35 Å². The molecule has 1 heterocycles. The van der Waals surface area contributed by atoms with Crippen LogP contribution in [0.2, 0.25) is 0 Å². The summed E-state index contributed by atoms with van der Waals surface area (Å²) in [5.74, 6) is -0.894. The van der Waals surface area contributed by atoms with Crippen molar-refractivity contribution in [3.05, 3.63) is 32.0 Å². The Hall–Kier alpha value is -0.390. The van der Waals surface area contributed by atoms with E-state index in [1.54, 1.807) is 0 Å². The summed E-state index contributed by atoms with van der Waals surface area (Å²) in [4.78, 5) is 11.2. The van der Waals surface area contributed by atoms with Crippen molar-refractivity contribution in [1.29, 1.82) is 0 Å². The highest BCUT2D eigenvalue weighted by atomic mass is 79.9. The molecule has 0 atom stereocenters. The molecule has 1 aromatic heterocycles. The molecule has 0 bridgehead atoms. The van der Waals surface area contributed by atoms with Crippen LogP contribution in [-0.2, 0) is 0 Å². The van der Waals surface area contributed by atoms with Gasteiger partial charge >= 0.3 is 5.97 Å². The molecular formula is C9H4Br2O2S. The van der Waals surface area contributed by atoms with Crippen molar-refractivity contribution in [3.63, 3.8) is 0 Å². The summed E-state index contributed by atoms with van der Waals surface area (Å²) < 4.78 is 2.57. The standard InChI is InChI=1S/C9H4Br2O2S/c10-4-1-2-6-5(3-4)7(11)8(14-6)9(12)13/h1-3H,(H,12,13). The molecule has 0 aliphatic rings. The summed E-state index contributed by atoms with van der Waals surface area (Å²) in [6.07, 6.45) is 0. The van der Waals surface area contributed by atoms with Crippen LogP contribution in [0.15, 0.2) is 27.1 Å². The van der Waals surface area contributed by atoms with Gasteiger partial charge in [-0.2, -0.15) is 0 Å². The zero-order valence-electron chi connectivity index (χ0n) is 6.75. The van der Waals surface area contributed by atoms with Crippen LogP contribution in [0.1, 0.15) is 9.67 Å². The topological polar surface area (TPSA) is 37.3 Å². The Morgan fingerprint density at radius 2 is 2.07 bits per heavy atom. The Balaban J connectivity index is 2.80. The minimum absolute atomic E-state index is 0.345. The predicted molar refractivity (Wildman–Crippen MR) is 64.2 cm³/mol. The largest absolute Gasteiger partial charge is 0.477 e. The fourth-order valence-electron chi connectivity index (χ4n) is 1.18. The molecule has 5 heteroatoms. The van der Waals surface area contributed by atoms with Crippen molar-refractivity contribution in [2.24, 2.45) is 0 Å². The van der Waals surface area contributed by atoms with Gasteiger partial charge in [-0.15, -0.1) is 11.3 Å². The lowest BCUT2D eigenvalue weighted by molar-refractivity contribution is 0.0701. The molecule has 0 fully saturated rings. The summed E-state index contributed by atoms with van der Waals surface area (Å²) >= 11 is 7.92. The van der Waals surface area contributed by atoms with E-state index in [9.17, 15) is 4.79 Å². The number of aromatic carboxylic acids is 1. The van der Waals surface area contributed by atoms with Gasteiger partial charge in [0.2, 0.25) is 0 Å². The molecule has 0 saturated heterocycles. The van der Waals surface area contributed by atoms with Crippen LogP contribution in [-0.4, -0.2) is 11.1 Å². The van der Waals surface area contributed by atoms with Crippen molar-refractivity contribution in [2.75, 3.05) is 0 Å². The molecule has 0 radical (unpaired) electrons. The molecule has 72 valence electrons.